The number of carboxylic acids is 1. The Hall–Kier alpha value is -2.11. The number of aliphatic carboxylic acids is 1. The summed E-state index contributed by atoms with van der Waals surface area (Å²) in [6.45, 7) is 3.26. The van der Waals surface area contributed by atoms with Crippen molar-refractivity contribution >= 4 is 11.9 Å². The average Bonchev–Trinajstić information content (AvgIpc) is 3.30. The highest BCUT2D eigenvalue weighted by Gasteiger charge is 2.37. The van der Waals surface area contributed by atoms with Crippen LogP contribution in [-0.2, 0) is 9.59 Å². The Morgan fingerprint density at radius 2 is 2.00 bits per heavy atom. The normalized spacial score (nSPS) is 16.7. The number of halogens is 1. The lowest BCUT2D eigenvalue weighted by Crippen LogP contribution is -2.45. The van der Waals surface area contributed by atoms with Crippen LogP contribution in [0.3, 0.4) is 0 Å². The summed E-state index contributed by atoms with van der Waals surface area (Å²) in [7, 11) is 0. The molecule has 0 spiro atoms. The van der Waals surface area contributed by atoms with Gasteiger partial charge in [0.1, 0.15) is 0 Å². The van der Waals surface area contributed by atoms with E-state index in [1.807, 2.05) is 0 Å². The van der Waals surface area contributed by atoms with Gasteiger partial charge >= 0.3 is 5.97 Å². The molecule has 6 heteroatoms. The quantitative estimate of drug-likeness (QED) is 0.839. The highest BCUT2D eigenvalue weighted by molar-refractivity contribution is 5.82. The predicted molar refractivity (Wildman–Crippen MR) is 78.0 cm³/mol. The monoisotopic (exact) mass is 309 g/mol. The summed E-state index contributed by atoms with van der Waals surface area (Å²) in [6, 6.07) is 5.96. The molecule has 1 aliphatic carbocycles. The molecular weight excluding hydrogens is 289 g/mol. The zero-order valence-corrected chi connectivity index (χ0v) is 12.7. The van der Waals surface area contributed by atoms with E-state index in [2.05, 4.69) is 0 Å². The smallest absolute Gasteiger partial charge is 0.308 e. The lowest BCUT2D eigenvalue weighted by molar-refractivity contribution is -0.145. The third kappa shape index (κ3) is 3.96. The highest BCUT2D eigenvalue weighted by Crippen LogP contribution is 2.29. The lowest BCUT2D eigenvalue weighted by Gasteiger charge is -2.27. The van der Waals surface area contributed by atoms with Gasteiger partial charge in [-0.25, -0.2) is 4.39 Å². The Bertz CT molecular complexity index is 559. The Morgan fingerprint density at radius 1 is 1.36 bits per heavy atom. The molecule has 120 valence electrons. The van der Waals surface area contributed by atoms with Gasteiger partial charge in [-0.3, -0.25) is 9.59 Å². The molecule has 1 N–H and O–H groups in total. The van der Waals surface area contributed by atoms with Gasteiger partial charge < -0.3 is 14.7 Å². The van der Waals surface area contributed by atoms with E-state index in [9.17, 15) is 14.0 Å². The van der Waals surface area contributed by atoms with Crippen LogP contribution in [-0.4, -0.2) is 40.6 Å². The second kappa shape index (κ2) is 6.77. The van der Waals surface area contributed by atoms with Gasteiger partial charge in [-0.05, 0) is 31.9 Å². The van der Waals surface area contributed by atoms with Crippen LogP contribution in [0, 0.1) is 11.7 Å². The highest BCUT2D eigenvalue weighted by atomic mass is 19.1. The molecule has 1 aromatic carbocycles. The molecule has 0 aromatic heterocycles. The van der Waals surface area contributed by atoms with Crippen molar-refractivity contribution < 1.29 is 23.8 Å². The van der Waals surface area contributed by atoms with Crippen molar-refractivity contribution in [3.63, 3.8) is 0 Å². The molecule has 1 aromatic rings. The number of carbonyl (C=O) groups excluding carboxylic acids is 1. The van der Waals surface area contributed by atoms with Gasteiger partial charge in [0, 0.05) is 12.6 Å². The van der Waals surface area contributed by atoms with Crippen molar-refractivity contribution in [3.05, 3.63) is 30.1 Å². The van der Waals surface area contributed by atoms with Crippen molar-refractivity contribution in [2.75, 3.05) is 6.54 Å². The summed E-state index contributed by atoms with van der Waals surface area (Å²) in [5.41, 5.74) is 0. The Morgan fingerprint density at radius 3 is 2.55 bits per heavy atom. The summed E-state index contributed by atoms with van der Waals surface area (Å²) in [4.78, 5) is 25.0. The first-order valence-electron chi connectivity index (χ1n) is 7.34. The van der Waals surface area contributed by atoms with Gasteiger partial charge in [0.25, 0.3) is 5.91 Å². The molecule has 1 aliphatic rings. The van der Waals surface area contributed by atoms with Crippen molar-refractivity contribution in [3.8, 4) is 5.75 Å². The molecule has 2 unspecified atom stereocenters. The van der Waals surface area contributed by atoms with Crippen LogP contribution >= 0.6 is 0 Å². The number of benzene rings is 1. The number of nitrogens with zero attached hydrogens (tertiary/aromatic N) is 1. The van der Waals surface area contributed by atoms with Crippen molar-refractivity contribution in [1.29, 1.82) is 0 Å². The number of carbonyl (C=O) groups is 2. The Balaban J connectivity index is 2.03. The summed E-state index contributed by atoms with van der Waals surface area (Å²) in [6.07, 6.45) is 0.869. The Kier molecular flexibility index (Phi) is 5.00. The van der Waals surface area contributed by atoms with Crippen LogP contribution in [0.25, 0.3) is 0 Å². The molecule has 22 heavy (non-hydrogen) atoms. The fourth-order valence-corrected chi connectivity index (χ4v) is 2.19. The molecule has 0 radical (unpaired) electrons. The predicted octanol–water partition coefficient (Wildman–Crippen LogP) is 2.30. The molecule has 1 saturated carbocycles. The second-order valence-corrected chi connectivity index (χ2v) is 5.65. The van der Waals surface area contributed by atoms with Crippen LogP contribution in [0.4, 0.5) is 4.39 Å². The van der Waals surface area contributed by atoms with Crippen LogP contribution in [0.2, 0.25) is 0 Å². The van der Waals surface area contributed by atoms with E-state index in [1.54, 1.807) is 30.9 Å². The van der Waals surface area contributed by atoms with Crippen molar-refractivity contribution in [2.45, 2.75) is 38.8 Å². The maximum absolute atomic E-state index is 13.6. The van der Waals surface area contributed by atoms with E-state index in [4.69, 9.17) is 9.84 Å². The number of carboxylic acid groups (broad SMARTS) is 1. The molecular formula is C16H20FNO4. The van der Waals surface area contributed by atoms with E-state index in [0.717, 1.165) is 12.8 Å². The third-order valence-corrected chi connectivity index (χ3v) is 3.65. The standard InChI is InChI=1S/C16H20FNO4/c1-10(16(20)21)9-18(12-7-8-12)15(19)11(2)22-14-6-4-3-5-13(14)17/h3-6,10-12H,7-9H2,1-2H3,(H,20,21). The topological polar surface area (TPSA) is 66.8 Å². The molecule has 0 heterocycles. The van der Waals surface area contributed by atoms with Crippen LogP contribution in [0.1, 0.15) is 26.7 Å². The second-order valence-electron chi connectivity index (χ2n) is 5.65. The average molecular weight is 309 g/mol. The maximum Gasteiger partial charge on any atom is 0.308 e. The van der Waals surface area contributed by atoms with Crippen molar-refractivity contribution in [2.24, 2.45) is 5.92 Å². The third-order valence-electron chi connectivity index (χ3n) is 3.65. The minimum atomic E-state index is -0.943. The van der Waals surface area contributed by atoms with Gasteiger partial charge in [-0.1, -0.05) is 19.1 Å². The molecule has 2 rings (SSSR count). The molecule has 1 fully saturated rings. The van der Waals surface area contributed by atoms with Gasteiger partial charge in [0.15, 0.2) is 17.7 Å². The summed E-state index contributed by atoms with van der Waals surface area (Å²) in [5.74, 6) is -2.41. The van der Waals surface area contributed by atoms with E-state index in [0.29, 0.717) is 0 Å². The largest absolute Gasteiger partial charge is 0.481 e. The number of ether oxygens (including phenoxy) is 1. The fraction of sp³-hybridized carbons (Fsp3) is 0.500. The van der Waals surface area contributed by atoms with E-state index in [1.165, 1.54) is 12.1 Å². The first-order valence-corrected chi connectivity index (χ1v) is 7.34. The number of hydrogen-bond acceptors (Lipinski definition) is 3. The minimum absolute atomic E-state index is 0.0189. The zero-order valence-electron chi connectivity index (χ0n) is 12.7. The van der Waals surface area contributed by atoms with Crippen LogP contribution in [0.15, 0.2) is 24.3 Å². The molecule has 0 aliphatic heterocycles. The summed E-state index contributed by atoms with van der Waals surface area (Å²) < 4.78 is 19.0. The van der Waals surface area contributed by atoms with Crippen LogP contribution in [0.5, 0.6) is 5.75 Å². The minimum Gasteiger partial charge on any atom is -0.481 e. The molecule has 5 nitrogen and oxygen atoms in total. The van der Waals surface area contributed by atoms with Crippen molar-refractivity contribution in [1.82, 2.24) is 4.90 Å². The first-order chi connectivity index (χ1) is 10.4. The van der Waals surface area contributed by atoms with Gasteiger partial charge in [0.05, 0.1) is 5.92 Å². The molecule has 0 saturated heterocycles. The lowest BCUT2D eigenvalue weighted by atomic mass is 10.1. The zero-order chi connectivity index (χ0) is 16.3. The summed E-state index contributed by atoms with van der Waals surface area (Å²) in [5, 5.41) is 9.01. The van der Waals surface area contributed by atoms with Gasteiger partial charge in [-0.2, -0.15) is 0 Å². The first kappa shape index (κ1) is 16.3. The van der Waals surface area contributed by atoms with Gasteiger partial charge in [0.2, 0.25) is 0 Å². The fourth-order valence-electron chi connectivity index (χ4n) is 2.19. The van der Waals surface area contributed by atoms with E-state index in [-0.39, 0.29) is 24.2 Å². The number of para-hydroxylation sites is 1. The summed E-state index contributed by atoms with van der Waals surface area (Å²) >= 11 is 0. The van der Waals surface area contributed by atoms with Gasteiger partial charge in [-0.15, -0.1) is 0 Å². The van der Waals surface area contributed by atoms with Crippen LogP contribution < -0.4 is 4.74 Å². The number of rotatable bonds is 7. The molecule has 0 bridgehead atoms. The van der Waals surface area contributed by atoms with E-state index < -0.39 is 23.8 Å². The van der Waals surface area contributed by atoms with E-state index >= 15 is 0 Å². The molecule has 1 amide bonds. The number of hydrogen-bond donors (Lipinski definition) is 1. The number of amides is 1. The molecule has 2 atom stereocenters. The Labute approximate surface area is 128 Å². The maximum atomic E-state index is 13.6. The SMILES string of the molecule is CC(CN(C(=O)C(C)Oc1ccccc1F)C1CC1)C(=O)O.